The van der Waals surface area contributed by atoms with Crippen LogP contribution < -0.4 is 5.73 Å². The molecule has 0 aromatic rings. The molecule has 0 saturated heterocycles. The van der Waals surface area contributed by atoms with Crippen LogP contribution in [0.15, 0.2) is 0 Å². The van der Waals surface area contributed by atoms with Crippen LogP contribution in [0.25, 0.3) is 0 Å². The Morgan fingerprint density at radius 2 is 2.50 bits per heavy atom. The number of rotatable bonds is 3. The molecule has 0 amide bonds. The Balaban J connectivity index is 2.59. The summed E-state index contributed by atoms with van der Waals surface area (Å²) in [7, 11) is 0. The van der Waals surface area contributed by atoms with E-state index in [0.29, 0.717) is 0 Å². The molecule has 1 saturated carbocycles. The lowest BCUT2D eigenvalue weighted by Gasteiger charge is -2.10. The first-order chi connectivity index (χ1) is 4.67. The number of hydrogen-bond donors (Lipinski definition) is 3. The second-order valence-electron chi connectivity index (χ2n) is 3.01. The third kappa shape index (κ3) is 0.814. The summed E-state index contributed by atoms with van der Waals surface area (Å²) in [5, 5.41) is 16.0. The fraction of sp³-hybridized carbons (Fsp3) is 0.857. The topological polar surface area (TPSA) is 70.1 Å². The van der Waals surface area contributed by atoms with Gasteiger partial charge in [0.05, 0.1) is 5.84 Å². The molecule has 3 heteroatoms. The van der Waals surface area contributed by atoms with Gasteiger partial charge in [-0.15, -0.1) is 0 Å². The van der Waals surface area contributed by atoms with Gasteiger partial charge >= 0.3 is 0 Å². The van der Waals surface area contributed by atoms with E-state index >= 15 is 0 Å². The third-order valence-corrected chi connectivity index (χ3v) is 2.62. The lowest BCUT2D eigenvalue weighted by Crippen LogP contribution is -2.25. The van der Waals surface area contributed by atoms with Crippen LogP contribution in [0.5, 0.6) is 0 Å². The van der Waals surface area contributed by atoms with Crippen LogP contribution in [0, 0.1) is 16.7 Å². The normalized spacial score (nSPS) is 37.6. The molecular formula is C7H14N2O. The van der Waals surface area contributed by atoms with Crippen molar-refractivity contribution < 1.29 is 5.11 Å². The second-order valence-corrected chi connectivity index (χ2v) is 3.01. The van der Waals surface area contributed by atoms with E-state index in [1.54, 1.807) is 0 Å². The van der Waals surface area contributed by atoms with Gasteiger partial charge in [0.2, 0.25) is 0 Å². The molecule has 0 radical (unpaired) electrons. The molecule has 0 aromatic heterocycles. The summed E-state index contributed by atoms with van der Waals surface area (Å²) in [5.41, 5.74) is 5.25. The zero-order valence-electron chi connectivity index (χ0n) is 6.22. The zero-order chi connectivity index (χ0) is 7.78. The lowest BCUT2D eigenvalue weighted by molar-refractivity contribution is 0.261. The second kappa shape index (κ2) is 2.23. The minimum Gasteiger partial charge on any atom is -0.396 e. The van der Waals surface area contributed by atoms with Gasteiger partial charge in [0.1, 0.15) is 0 Å². The van der Waals surface area contributed by atoms with E-state index in [4.69, 9.17) is 16.2 Å². The summed E-state index contributed by atoms with van der Waals surface area (Å²) in [6, 6.07) is 0. The van der Waals surface area contributed by atoms with Gasteiger partial charge in [0, 0.05) is 12.0 Å². The molecule has 0 spiro atoms. The maximum absolute atomic E-state index is 8.77. The van der Waals surface area contributed by atoms with Crippen molar-refractivity contribution in [3.8, 4) is 0 Å². The van der Waals surface area contributed by atoms with Crippen molar-refractivity contribution in [3.63, 3.8) is 0 Å². The van der Waals surface area contributed by atoms with Gasteiger partial charge in [-0.2, -0.15) is 0 Å². The van der Waals surface area contributed by atoms with Gasteiger partial charge in [0.15, 0.2) is 0 Å². The molecule has 1 aliphatic rings. The molecule has 2 atom stereocenters. The van der Waals surface area contributed by atoms with Crippen LogP contribution in [-0.4, -0.2) is 17.5 Å². The minimum absolute atomic E-state index is 0.130. The Morgan fingerprint density at radius 3 is 2.60 bits per heavy atom. The highest BCUT2D eigenvalue weighted by Gasteiger charge is 2.54. The molecule has 1 rings (SSSR count). The first kappa shape index (κ1) is 7.54. The molecule has 0 aliphatic heterocycles. The predicted octanol–water partition coefficient (Wildman–Crippen LogP) is 0.331. The number of hydrogen-bond acceptors (Lipinski definition) is 2. The maximum Gasteiger partial charge on any atom is 0.0972 e. The number of nitrogens with two attached hydrogens (primary N) is 1. The minimum atomic E-state index is -0.130. The highest BCUT2D eigenvalue weighted by atomic mass is 16.3. The van der Waals surface area contributed by atoms with Crippen molar-refractivity contribution in [1.82, 2.24) is 0 Å². The van der Waals surface area contributed by atoms with E-state index in [9.17, 15) is 0 Å². The van der Waals surface area contributed by atoms with Crippen molar-refractivity contribution >= 4 is 5.84 Å². The molecule has 1 fully saturated rings. The van der Waals surface area contributed by atoms with Crippen molar-refractivity contribution in [2.24, 2.45) is 17.1 Å². The third-order valence-electron chi connectivity index (χ3n) is 2.62. The zero-order valence-corrected chi connectivity index (χ0v) is 6.22. The molecule has 58 valence electrons. The quantitative estimate of drug-likeness (QED) is 0.392. The number of aliphatic hydroxyl groups is 1. The van der Waals surface area contributed by atoms with Crippen molar-refractivity contribution in [1.29, 1.82) is 5.41 Å². The monoisotopic (exact) mass is 142 g/mol. The summed E-state index contributed by atoms with van der Waals surface area (Å²) in [5.74, 6) is 0.504. The first-order valence-corrected chi connectivity index (χ1v) is 3.62. The van der Waals surface area contributed by atoms with Gasteiger partial charge in [-0.3, -0.25) is 5.41 Å². The molecule has 0 aromatic carbocycles. The van der Waals surface area contributed by atoms with E-state index in [1.165, 1.54) is 0 Å². The van der Waals surface area contributed by atoms with E-state index in [0.717, 1.165) is 12.8 Å². The van der Waals surface area contributed by atoms with Crippen LogP contribution >= 0.6 is 0 Å². The summed E-state index contributed by atoms with van der Waals surface area (Å²) in [4.78, 5) is 0. The summed E-state index contributed by atoms with van der Waals surface area (Å²) >= 11 is 0. The fourth-order valence-electron chi connectivity index (χ4n) is 1.57. The Bertz CT molecular complexity index is 158. The largest absolute Gasteiger partial charge is 0.396 e. The average molecular weight is 142 g/mol. The van der Waals surface area contributed by atoms with Crippen molar-refractivity contribution in [2.45, 2.75) is 19.8 Å². The highest BCUT2D eigenvalue weighted by molar-refractivity contribution is 5.86. The van der Waals surface area contributed by atoms with E-state index in [2.05, 4.69) is 0 Å². The van der Waals surface area contributed by atoms with Crippen molar-refractivity contribution in [2.75, 3.05) is 6.61 Å². The Hall–Kier alpha value is -0.570. The van der Waals surface area contributed by atoms with Crippen LogP contribution in [-0.2, 0) is 0 Å². The Morgan fingerprint density at radius 1 is 1.90 bits per heavy atom. The lowest BCUT2D eigenvalue weighted by atomic mass is 9.99. The van der Waals surface area contributed by atoms with Gasteiger partial charge in [-0.25, -0.2) is 0 Å². The van der Waals surface area contributed by atoms with Gasteiger partial charge in [0.25, 0.3) is 0 Å². The van der Waals surface area contributed by atoms with E-state index < -0.39 is 0 Å². The first-order valence-electron chi connectivity index (χ1n) is 3.62. The number of amidine groups is 1. The molecular weight excluding hydrogens is 128 g/mol. The fourth-order valence-corrected chi connectivity index (χ4v) is 1.57. The number of nitrogens with one attached hydrogen (secondary N) is 1. The SMILES string of the molecule is CCC1(C(=N)N)CC1CO. The van der Waals surface area contributed by atoms with Crippen LogP contribution in [0.4, 0.5) is 0 Å². The summed E-state index contributed by atoms with van der Waals surface area (Å²) < 4.78 is 0. The molecule has 10 heavy (non-hydrogen) atoms. The summed E-state index contributed by atoms with van der Waals surface area (Å²) in [6.45, 7) is 2.18. The molecule has 1 aliphatic carbocycles. The standard InChI is InChI=1S/C7H14N2O/c1-2-7(6(8)9)3-5(7)4-10/h5,10H,2-4H2,1H3,(H3,8,9). The highest BCUT2D eigenvalue weighted by Crippen LogP contribution is 2.54. The van der Waals surface area contributed by atoms with Crippen molar-refractivity contribution in [3.05, 3.63) is 0 Å². The molecule has 2 unspecified atom stereocenters. The average Bonchev–Trinajstić information content (AvgIpc) is 2.62. The van der Waals surface area contributed by atoms with Gasteiger partial charge in [-0.05, 0) is 18.8 Å². The van der Waals surface area contributed by atoms with Gasteiger partial charge < -0.3 is 10.8 Å². The Kier molecular flexibility index (Phi) is 1.68. The number of aliphatic hydroxyl groups excluding tert-OH is 1. The molecule has 0 heterocycles. The Labute approximate surface area is 60.7 Å². The summed E-state index contributed by atoms with van der Waals surface area (Å²) in [6.07, 6.45) is 1.78. The molecule has 3 nitrogen and oxygen atoms in total. The molecule has 0 bridgehead atoms. The maximum atomic E-state index is 8.77. The van der Waals surface area contributed by atoms with E-state index in [1.807, 2.05) is 6.92 Å². The smallest absolute Gasteiger partial charge is 0.0972 e. The molecule has 4 N–H and O–H groups in total. The van der Waals surface area contributed by atoms with Gasteiger partial charge in [-0.1, -0.05) is 6.92 Å². The van der Waals surface area contributed by atoms with Crippen LogP contribution in [0.2, 0.25) is 0 Å². The predicted molar refractivity (Wildman–Crippen MR) is 39.8 cm³/mol. The van der Waals surface area contributed by atoms with E-state index in [-0.39, 0.29) is 23.8 Å². The van der Waals surface area contributed by atoms with Crippen LogP contribution in [0.1, 0.15) is 19.8 Å². The van der Waals surface area contributed by atoms with Crippen LogP contribution in [0.3, 0.4) is 0 Å².